The Morgan fingerprint density at radius 2 is 1.90 bits per heavy atom. The molecule has 3 rings (SSSR count). The van der Waals surface area contributed by atoms with Gasteiger partial charge in [-0.25, -0.2) is 9.97 Å². The summed E-state index contributed by atoms with van der Waals surface area (Å²) < 4.78 is 1.71. The molecule has 0 unspecified atom stereocenters. The molecule has 0 spiro atoms. The Morgan fingerprint density at radius 3 is 2.62 bits per heavy atom. The van der Waals surface area contributed by atoms with Crippen molar-refractivity contribution in [1.29, 1.82) is 10.5 Å². The zero-order chi connectivity index (χ0) is 20.8. The number of hydrogen-bond acceptors (Lipinski definition) is 8. The SMILES string of the molecule is CNc1cc(-n2nc(C)cc2Nc2cc(NC=C(C#N)C#N)ccc2C)ncn1. The largest absolute Gasteiger partial charge is 0.373 e. The van der Waals surface area contributed by atoms with Gasteiger partial charge in [-0.2, -0.15) is 20.3 Å². The van der Waals surface area contributed by atoms with Crippen molar-refractivity contribution in [3.63, 3.8) is 0 Å². The predicted molar refractivity (Wildman–Crippen MR) is 111 cm³/mol. The van der Waals surface area contributed by atoms with Crippen LogP contribution in [0.3, 0.4) is 0 Å². The minimum atomic E-state index is -0.00196. The molecule has 29 heavy (non-hydrogen) atoms. The number of hydrogen-bond donors (Lipinski definition) is 3. The van der Waals surface area contributed by atoms with Crippen molar-refractivity contribution in [2.24, 2.45) is 0 Å². The average molecular weight is 385 g/mol. The van der Waals surface area contributed by atoms with E-state index in [4.69, 9.17) is 10.5 Å². The summed E-state index contributed by atoms with van der Waals surface area (Å²) in [6.07, 6.45) is 2.86. The Kier molecular flexibility index (Phi) is 5.71. The molecule has 2 aromatic heterocycles. The molecule has 0 atom stereocenters. The summed E-state index contributed by atoms with van der Waals surface area (Å²) in [5.74, 6) is 2.06. The minimum Gasteiger partial charge on any atom is -0.373 e. The van der Waals surface area contributed by atoms with Gasteiger partial charge in [0.25, 0.3) is 0 Å². The van der Waals surface area contributed by atoms with Gasteiger partial charge in [0.1, 0.15) is 35.7 Å². The van der Waals surface area contributed by atoms with E-state index in [0.29, 0.717) is 11.6 Å². The molecule has 0 saturated carbocycles. The van der Waals surface area contributed by atoms with Crippen molar-refractivity contribution in [1.82, 2.24) is 19.7 Å². The molecule has 0 radical (unpaired) electrons. The minimum absolute atomic E-state index is 0.00196. The van der Waals surface area contributed by atoms with Crippen LogP contribution in [-0.4, -0.2) is 26.8 Å². The number of nitriles is 2. The van der Waals surface area contributed by atoms with Crippen molar-refractivity contribution in [2.45, 2.75) is 13.8 Å². The van der Waals surface area contributed by atoms with Gasteiger partial charge in [0.2, 0.25) is 0 Å². The zero-order valence-corrected chi connectivity index (χ0v) is 16.2. The Morgan fingerprint density at radius 1 is 1.10 bits per heavy atom. The van der Waals surface area contributed by atoms with E-state index in [1.807, 2.05) is 50.3 Å². The van der Waals surface area contributed by atoms with E-state index < -0.39 is 0 Å². The fourth-order valence-electron chi connectivity index (χ4n) is 2.59. The lowest BCUT2D eigenvalue weighted by Crippen LogP contribution is -2.06. The van der Waals surface area contributed by atoms with Crippen LogP contribution in [0.2, 0.25) is 0 Å². The number of aromatic nitrogens is 4. The third-order valence-electron chi connectivity index (χ3n) is 4.08. The van der Waals surface area contributed by atoms with Gasteiger partial charge in [0.05, 0.1) is 5.69 Å². The van der Waals surface area contributed by atoms with E-state index in [9.17, 15) is 0 Å². The first-order valence-corrected chi connectivity index (χ1v) is 8.75. The molecule has 0 fully saturated rings. The molecule has 2 heterocycles. The van der Waals surface area contributed by atoms with Crippen molar-refractivity contribution < 1.29 is 0 Å². The Balaban J connectivity index is 1.93. The highest BCUT2D eigenvalue weighted by molar-refractivity contribution is 5.68. The van der Waals surface area contributed by atoms with Crippen LogP contribution in [0.5, 0.6) is 0 Å². The first-order chi connectivity index (χ1) is 14.0. The van der Waals surface area contributed by atoms with Crippen molar-refractivity contribution in [2.75, 3.05) is 23.0 Å². The van der Waals surface area contributed by atoms with Gasteiger partial charge in [0, 0.05) is 36.8 Å². The summed E-state index contributed by atoms with van der Waals surface area (Å²) in [6.45, 7) is 3.89. The smallest absolute Gasteiger partial charge is 0.161 e. The van der Waals surface area contributed by atoms with Crippen LogP contribution in [-0.2, 0) is 0 Å². The molecule has 3 N–H and O–H groups in total. The van der Waals surface area contributed by atoms with Crippen molar-refractivity contribution in [3.05, 3.63) is 59.7 Å². The normalized spacial score (nSPS) is 9.83. The van der Waals surface area contributed by atoms with Gasteiger partial charge >= 0.3 is 0 Å². The molecular weight excluding hydrogens is 366 g/mol. The molecule has 9 nitrogen and oxygen atoms in total. The quantitative estimate of drug-likeness (QED) is 0.551. The van der Waals surface area contributed by atoms with E-state index in [1.165, 1.54) is 12.5 Å². The summed E-state index contributed by atoms with van der Waals surface area (Å²) in [5, 5.41) is 31.6. The highest BCUT2D eigenvalue weighted by Crippen LogP contribution is 2.26. The molecule has 144 valence electrons. The summed E-state index contributed by atoms with van der Waals surface area (Å²) in [5.41, 5.74) is 3.44. The molecular formula is C20H19N9. The van der Waals surface area contributed by atoms with Crippen LogP contribution in [0.25, 0.3) is 5.82 Å². The fourth-order valence-corrected chi connectivity index (χ4v) is 2.59. The van der Waals surface area contributed by atoms with Crippen LogP contribution in [0.4, 0.5) is 23.0 Å². The van der Waals surface area contributed by atoms with Gasteiger partial charge in [0.15, 0.2) is 5.82 Å². The summed E-state index contributed by atoms with van der Waals surface area (Å²) >= 11 is 0. The Hall–Kier alpha value is -4.37. The molecule has 0 aliphatic carbocycles. The molecule has 1 aromatic carbocycles. The van der Waals surface area contributed by atoms with Crippen LogP contribution >= 0.6 is 0 Å². The molecule has 0 saturated heterocycles. The first-order valence-electron chi connectivity index (χ1n) is 8.75. The summed E-state index contributed by atoms with van der Waals surface area (Å²) in [4.78, 5) is 8.44. The molecule has 0 amide bonds. The van der Waals surface area contributed by atoms with Gasteiger partial charge in [-0.05, 0) is 31.5 Å². The first kappa shape index (κ1) is 19.4. The highest BCUT2D eigenvalue weighted by atomic mass is 15.4. The third-order valence-corrected chi connectivity index (χ3v) is 4.08. The topological polar surface area (TPSA) is 127 Å². The maximum atomic E-state index is 8.86. The standard InChI is InChI=1S/C20H19N9/c1-13-4-5-16(24-11-15(9-21)10-22)7-17(13)27-20-6-14(2)28-29(20)19-8-18(23-3)25-12-26-19/h4-8,11-12,24,27H,1-3H3,(H,23,25,26). The molecule has 9 heteroatoms. The lowest BCUT2D eigenvalue weighted by molar-refractivity contribution is 0.833. The van der Waals surface area contributed by atoms with E-state index >= 15 is 0 Å². The number of nitrogens with one attached hydrogen (secondary N) is 3. The van der Waals surface area contributed by atoms with Crippen LogP contribution < -0.4 is 16.0 Å². The number of rotatable bonds is 6. The summed E-state index contributed by atoms with van der Waals surface area (Å²) in [6, 6.07) is 13.1. The van der Waals surface area contributed by atoms with Gasteiger partial charge in [-0.1, -0.05) is 6.07 Å². The molecule has 0 bridgehead atoms. The lowest BCUT2D eigenvalue weighted by Gasteiger charge is -2.13. The average Bonchev–Trinajstić information content (AvgIpc) is 3.11. The number of benzene rings is 1. The van der Waals surface area contributed by atoms with E-state index in [-0.39, 0.29) is 5.57 Å². The highest BCUT2D eigenvalue weighted by Gasteiger charge is 2.11. The second-order valence-electron chi connectivity index (χ2n) is 6.17. The second-order valence-corrected chi connectivity index (χ2v) is 6.17. The fraction of sp³-hybridized carbons (Fsp3) is 0.150. The van der Waals surface area contributed by atoms with E-state index in [0.717, 1.165) is 28.5 Å². The predicted octanol–water partition coefficient (Wildman–Crippen LogP) is 3.41. The van der Waals surface area contributed by atoms with Crippen molar-refractivity contribution >= 4 is 23.0 Å². The van der Waals surface area contributed by atoms with Gasteiger partial charge < -0.3 is 16.0 Å². The Labute approximate surface area is 168 Å². The maximum absolute atomic E-state index is 8.86. The third kappa shape index (κ3) is 4.49. The number of nitrogens with zero attached hydrogens (tertiary/aromatic N) is 6. The van der Waals surface area contributed by atoms with Crippen LogP contribution in [0.15, 0.2) is 48.4 Å². The molecule has 3 aromatic rings. The van der Waals surface area contributed by atoms with Crippen LogP contribution in [0.1, 0.15) is 11.3 Å². The monoisotopic (exact) mass is 385 g/mol. The van der Waals surface area contributed by atoms with Gasteiger partial charge in [-0.15, -0.1) is 0 Å². The summed E-state index contributed by atoms with van der Waals surface area (Å²) in [7, 11) is 1.79. The van der Waals surface area contributed by atoms with E-state index in [1.54, 1.807) is 17.8 Å². The van der Waals surface area contributed by atoms with Crippen LogP contribution in [0, 0.1) is 36.5 Å². The molecule has 0 aliphatic rings. The molecule has 0 aliphatic heterocycles. The van der Waals surface area contributed by atoms with E-state index in [2.05, 4.69) is 31.0 Å². The number of anilines is 4. The van der Waals surface area contributed by atoms with Gasteiger partial charge in [-0.3, -0.25) is 0 Å². The maximum Gasteiger partial charge on any atom is 0.161 e. The zero-order valence-electron chi connectivity index (χ0n) is 16.2. The lowest BCUT2D eigenvalue weighted by atomic mass is 10.1. The second kappa shape index (κ2) is 8.55. The number of aryl methyl sites for hydroxylation is 2. The van der Waals surface area contributed by atoms with Crippen molar-refractivity contribution in [3.8, 4) is 18.0 Å². The number of allylic oxidation sites excluding steroid dienone is 1. The Bertz CT molecular complexity index is 1130.